The smallest absolute Gasteiger partial charge is 0.243 e. The van der Waals surface area contributed by atoms with Gasteiger partial charge in [-0.25, -0.2) is 8.42 Å². The summed E-state index contributed by atoms with van der Waals surface area (Å²) in [5.74, 6) is -0.644. The van der Waals surface area contributed by atoms with Crippen LogP contribution in [-0.4, -0.2) is 62.2 Å². The van der Waals surface area contributed by atoms with Gasteiger partial charge in [0.05, 0.1) is 11.4 Å². The van der Waals surface area contributed by atoms with Crippen molar-refractivity contribution in [3.05, 3.63) is 65.2 Å². The minimum Gasteiger partial charge on any atom is -0.354 e. The first-order valence-corrected chi connectivity index (χ1v) is 13.4. The molecule has 0 aliphatic rings. The van der Waals surface area contributed by atoms with Gasteiger partial charge in [-0.05, 0) is 49.1 Å². The molecule has 1 atom stereocenters. The molecular weight excluding hydrogens is 474 g/mol. The van der Waals surface area contributed by atoms with Crippen molar-refractivity contribution >= 4 is 33.4 Å². The summed E-state index contributed by atoms with van der Waals surface area (Å²) in [6.45, 7) is 4.35. The van der Waals surface area contributed by atoms with E-state index >= 15 is 0 Å². The second-order valence-electron chi connectivity index (χ2n) is 8.11. The van der Waals surface area contributed by atoms with E-state index in [1.807, 2.05) is 44.2 Å². The molecule has 0 bridgehead atoms. The van der Waals surface area contributed by atoms with Crippen LogP contribution in [0.1, 0.15) is 38.7 Å². The molecule has 2 rings (SSSR count). The highest BCUT2D eigenvalue weighted by atomic mass is 35.5. The molecule has 2 aromatic rings. The van der Waals surface area contributed by atoms with Gasteiger partial charge in [0.15, 0.2) is 0 Å². The van der Waals surface area contributed by atoms with E-state index in [4.69, 9.17) is 11.6 Å². The Balaban J connectivity index is 2.22. The maximum absolute atomic E-state index is 13.4. The lowest BCUT2D eigenvalue weighted by Gasteiger charge is -2.32. The van der Waals surface area contributed by atoms with E-state index in [9.17, 15) is 18.0 Å². The highest BCUT2D eigenvalue weighted by molar-refractivity contribution is 7.89. The molecule has 7 nitrogen and oxygen atoms in total. The van der Waals surface area contributed by atoms with Crippen LogP contribution in [-0.2, 0) is 26.0 Å². The first kappa shape index (κ1) is 27.8. The number of sulfonamides is 1. The summed E-state index contributed by atoms with van der Waals surface area (Å²) < 4.78 is 26.9. The van der Waals surface area contributed by atoms with Gasteiger partial charge in [-0.2, -0.15) is 4.31 Å². The van der Waals surface area contributed by atoms with Crippen molar-refractivity contribution in [1.82, 2.24) is 14.5 Å². The van der Waals surface area contributed by atoms with Gasteiger partial charge in [-0.1, -0.05) is 62.2 Å². The van der Waals surface area contributed by atoms with E-state index in [1.54, 1.807) is 0 Å². The quantitative estimate of drug-likeness (QED) is 0.418. The molecule has 0 aromatic heterocycles. The molecule has 0 aliphatic heterocycles. The zero-order valence-electron chi connectivity index (χ0n) is 20.0. The van der Waals surface area contributed by atoms with Crippen LogP contribution in [0.5, 0.6) is 0 Å². The van der Waals surface area contributed by atoms with Crippen LogP contribution in [0.2, 0.25) is 5.02 Å². The number of nitrogens with zero attached hydrogens (tertiary/aromatic N) is 2. The van der Waals surface area contributed by atoms with Crippen molar-refractivity contribution in [1.29, 1.82) is 0 Å². The standard InChI is InChI=1S/C25H34ClN3O4S/c1-4-6-17-27-25(31)23(5-2)29(18-16-20-10-8-7-9-11-20)24(30)19-28(3)34(32,33)22-14-12-21(26)13-15-22/h7-15,23H,4-6,16-19H2,1-3H3,(H,27,31). The third-order valence-corrected chi connectivity index (χ3v) is 7.65. The number of rotatable bonds is 13. The molecule has 0 saturated carbocycles. The molecule has 34 heavy (non-hydrogen) atoms. The van der Waals surface area contributed by atoms with Gasteiger partial charge in [0.25, 0.3) is 0 Å². The van der Waals surface area contributed by atoms with Crippen LogP contribution in [0.15, 0.2) is 59.5 Å². The van der Waals surface area contributed by atoms with E-state index in [2.05, 4.69) is 5.32 Å². The zero-order chi connectivity index (χ0) is 25.1. The van der Waals surface area contributed by atoms with Gasteiger partial charge in [-0.15, -0.1) is 0 Å². The van der Waals surface area contributed by atoms with Gasteiger partial charge in [0.1, 0.15) is 6.04 Å². The fraction of sp³-hybridized carbons (Fsp3) is 0.440. The highest BCUT2D eigenvalue weighted by Crippen LogP contribution is 2.18. The summed E-state index contributed by atoms with van der Waals surface area (Å²) in [5.41, 5.74) is 1.03. The molecule has 0 saturated heterocycles. The second-order valence-corrected chi connectivity index (χ2v) is 10.6. The van der Waals surface area contributed by atoms with Crippen LogP contribution < -0.4 is 5.32 Å². The molecule has 0 fully saturated rings. The van der Waals surface area contributed by atoms with Crippen LogP contribution in [0, 0.1) is 0 Å². The van der Waals surface area contributed by atoms with Crippen LogP contribution in [0.4, 0.5) is 0 Å². The molecular formula is C25H34ClN3O4S. The van der Waals surface area contributed by atoms with E-state index in [0.29, 0.717) is 31.0 Å². The van der Waals surface area contributed by atoms with Crippen molar-refractivity contribution in [3.8, 4) is 0 Å². The van der Waals surface area contributed by atoms with E-state index in [1.165, 1.54) is 36.2 Å². The fourth-order valence-electron chi connectivity index (χ4n) is 3.55. The molecule has 1 unspecified atom stereocenters. The second kappa shape index (κ2) is 13.5. The van der Waals surface area contributed by atoms with Gasteiger partial charge in [0, 0.05) is 25.2 Å². The summed E-state index contributed by atoms with van der Waals surface area (Å²) in [4.78, 5) is 27.8. The number of carbonyl (C=O) groups excluding carboxylic acids is 2. The average molecular weight is 508 g/mol. The van der Waals surface area contributed by atoms with Crippen LogP contribution in [0.3, 0.4) is 0 Å². The number of hydrogen-bond donors (Lipinski definition) is 1. The third-order valence-electron chi connectivity index (χ3n) is 5.58. The Morgan fingerprint density at radius 1 is 1.03 bits per heavy atom. The first-order valence-electron chi connectivity index (χ1n) is 11.5. The van der Waals surface area contributed by atoms with E-state index in [0.717, 1.165) is 22.7 Å². The molecule has 0 heterocycles. The average Bonchev–Trinajstić information content (AvgIpc) is 2.82. The van der Waals surface area contributed by atoms with Crippen molar-refractivity contribution < 1.29 is 18.0 Å². The number of carbonyl (C=O) groups is 2. The molecule has 0 spiro atoms. The lowest BCUT2D eigenvalue weighted by Crippen LogP contribution is -2.52. The number of unbranched alkanes of at least 4 members (excludes halogenated alkanes) is 1. The topological polar surface area (TPSA) is 86.8 Å². The van der Waals surface area contributed by atoms with Gasteiger partial charge >= 0.3 is 0 Å². The third kappa shape index (κ3) is 7.82. The SMILES string of the molecule is CCCCNC(=O)C(CC)N(CCc1ccccc1)C(=O)CN(C)S(=O)(=O)c1ccc(Cl)cc1. The Hall–Kier alpha value is -2.42. The Bertz CT molecular complexity index is 1030. The molecule has 0 radical (unpaired) electrons. The summed E-state index contributed by atoms with van der Waals surface area (Å²) in [6.07, 6.45) is 2.77. The summed E-state index contributed by atoms with van der Waals surface area (Å²) in [6, 6.07) is 14.8. The van der Waals surface area contributed by atoms with Gasteiger partial charge in [0.2, 0.25) is 21.8 Å². The highest BCUT2D eigenvalue weighted by Gasteiger charge is 2.31. The molecule has 186 valence electrons. The van der Waals surface area contributed by atoms with Gasteiger partial charge < -0.3 is 10.2 Å². The van der Waals surface area contributed by atoms with E-state index in [-0.39, 0.29) is 17.3 Å². The van der Waals surface area contributed by atoms with Crippen molar-refractivity contribution in [3.63, 3.8) is 0 Å². The van der Waals surface area contributed by atoms with Crippen molar-refractivity contribution in [2.75, 3.05) is 26.7 Å². The first-order chi connectivity index (χ1) is 16.2. The normalized spacial score (nSPS) is 12.4. The van der Waals surface area contributed by atoms with E-state index < -0.39 is 22.0 Å². The number of benzene rings is 2. The Labute approximate surface area is 208 Å². The lowest BCUT2D eigenvalue weighted by atomic mass is 10.1. The number of likely N-dealkylation sites (N-methyl/N-ethyl adjacent to an activating group) is 1. The minimum absolute atomic E-state index is 0.0485. The molecule has 2 aromatic carbocycles. The Morgan fingerprint density at radius 2 is 1.68 bits per heavy atom. The van der Waals surface area contributed by atoms with Gasteiger partial charge in [-0.3, -0.25) is 9.59 Å². The summed E-state index contributed by atoms with van der Waals surface area (Å²) >= 11 is 5.87. The number of hydrogen-bond acceptors (Lipinski definition) is 4. The maximum Gasteiger partial charge on any atom is 0.243 e. The monoisotopic (exact) mass is 507 g/mol. The molecule has 9 heteroatoms. The zero-order valence-corrected chi connectivity index (χ0v) is 21.6. The Kier molecular flexibility index (Phi) is 11.0. The minimum atomic E-state index is -3.90. The summed E-state index contributed by atoms with van der Waals surface area (Å²) in [7, 11) is -2.53. The molecule has 0 aliphatic carbocycles. The largest absolute Gasteiger partial charge is 0.354 e. The lowest BCUT2D eigenvalue weighted by molar-refractivity contribution is -0.140. The van der Waals surface area contributed by atoms with Crippen LogP contribution in [0.25, 0.3) is 0 Å². The number of amides is 2. The molecule has 1 N–H and O–H groups in total. The predicted molar refractivity (Wildman–Crippen MR) is 135 cm³/mol. The van der Waals surface area contributed by atoms with Crippen LogP contribution >= 0.6 is 11.6 Å². The molecule has 2 amide bonds. The Morgan fingerprint density at radius 3 is 2.26 bits per heavy atom. The van der Waals surface area contributed by atoms with Crippen molar-refractivity contribution in [2.45, 2.75) is 50.5 Å². The number of nitrogens with one attached hydrogen (secondary N) is 1. The van der Waals surface area contributed by atoms with Crippen molar-refractivity contribution in [2.24, 2.45) is 0 Å². The fourth-order valence-corrected chi connectivity index (χ4v) is 4.80. The predicted octanol–water partition coefficient (Wildman–Crippen LogP) is 3.73. The summed E-state index contributed by atoms with van der Waals surface area (Å²) in [5, 5.41) is 3.33. The maximum atomic E-state index is 13.4. The number of halogens is 1.